The van der Waals surface area contributed by atoms with Gasteiger partial charge >= 0.3 is 0 Å². The Balaban J connectivity index is 1.94. The Labute approximate surface area is 118 Å². The first kappa shape index (κ1) is 14.0. The smallest absolute Gasteiger partial charge is 0.176 e. The van der Waals surface area contributed by atoms with Crippen LogP contribution in [0.3, 0.4) is 0 Å². The molecule has 0 amide bonds. The highest BCUT2D eigenvalue weighted by Gasteiger charge is 2.10. The number of benzene rings is 1. The van der Waals surface area contributed by atoms with Crippen LogP contribution in [0.5, 0.6) is 0 Å². The van der Waals surface area contributed by atoms with Gasteiger partial charge in [0.15, 0.2) is 5.78 Å². The molecule has 20 heavy (non-hydrogen) atoms. The van der Waals surface area contributed by atoms with Crippen LogP contribution < -0.4 is 0 Å². The molecule has 1 heterocycles. The molecule has 0 aliphatic rings. The van der Waals surface area contributed by atoms with Gasteiger partial charge in [-0.3, -0.25) is 14.4 Å². The summed E-state index contributed by atoms with van der Waals surface area (Å²) in [5.41, 5.74) is 2.26. The van der Waals surface area contributed by atoms with Gasteiger partial charge in [-0.15, -0.1) is 0 Å². The molecule has 1 aromatic carbocycles. The van der Waals surface area contributed by atoms with Gasteiger partial charge in [-0.1, -0.05) is 12.1 Å². The number of carbonyl (C=O) groups excluding carboxylic acids is 1. The molecule has 0 radical (unpaired) electrons. The number of ketones is 1. The molecule has 102 valence electrons. The van der Waals surface area contributed by atoms with Crippen molar-refractivity contribution in [2.45, 2.75) is 6.54 Å². The van der Waals surface area contributed by atoms with Gasteiger partial charge in [-0.05, 0) is 19.2 Å². The van der Waals surface area contributed by atoms with E-state index in [0.29, 0.717) is 24.2 Å². The van der Waals surface area contributed by atoms with E-state index in [2.05, 4.69) is 5.10 Å². The van der Waals surface area contributed by atoms with Crippen molar-refractivity contribution in [2.24, 2.45) is 7.05 Å². The topological polar surface area (TPSA) is 61.9 Å². The van der Waals surface area contributed by atoms with Crippen LogP contribution in [0.1, 0.15) is 21.5 Å². The fourth-order valence-corrected chi connectivity index (χ4v) is 1.99. The Kier molecular flexibility index (Phi) is 4.28. The Morgan fingerprint density at radius 1 is 1.40 bits per heavy atom. The molecule has 0 saturated carbocycles. The zero-order valence-electron chi connectivity index (χ0n) is 11.6. The third-order valence-electron chi connectivity index (χ3n) is 2.96. The molecule has 0 saturated heterocycles. The van der Waals surface area contributed by atoms with E-state index in [0.717, 1.165) is 5.56 Å². The normalized spacial score (nSPS) is 10.5. The Bertz CT molecular complexity index is 637. The summed E-state index contributed by atoms with van der Waals surface area (Å²) in [7, 11) is 3.76. The van der Waals surface area contributed by atoms with E-state index in [1.165, 1.54) is 0 Å². The van der Waals surface area contributed by atoms with Gasteiger partial charge in [0, 0.05) is 30.9 Å². The predicted octanol–water partition coefficient (Wildman–Crippen LogP) is 1.61. The zero-order valence-corrected chi connectivity index (χ0v) is 11.6. The molecule has 2 aromatic rings. The van der Waals surface area contributed by atoms with Gasteiger partial charge in [0.05, 0.1) is 24.4 Å². The van der Waals surface area contributed by atoms with Crippen LogP contribution in [0.15, 0.2) is 36.7 Å². The standard InChI is InChI=1S/C15H16N4O/c1-18(9-13-8-17-19(2)10-13)11-15(20)14-5-3-12(7-16)4-6-14/h3-6,8,10H,9,11H2,1-2H3. The van der Waals surface area contributed by atoms with Crippen LogP contribution in [-0.2, 0) is 13.6 Å². The summed E-state index contributed by atoms with van der Waals surface area (Å²) in [6, 6.07) is 8.75. The van der Waals surface area contributed by atoms with Gasteiger partial charge in [0.25, 0.3) is 0 Å². The second-order valence-electron chi connectivity index (χ2n) is 4.81. The minimum Gasteiger partial charge on any atom is -0.294 e. The lowest BCUT2D eigenvalue weighted by molar-refractivity contribution is 0.0943. The summed E-state index contributed by atoms with van der Waals surface area (Å²) in [6.45, 7) is 1.01. The van der Waals surface area contributed by atoms with Crippen molar-refractivity contribution in [2.75, 3.05) is 13.6 Å². The predicted molar refractivity (Wildman–Crippen MR) is 75.0 cm³/mol. The van der Waals surface area contributed by atoms with Gasteiger partial charge in [-0.2, -0.15) is 10.4 Å². The van der Waals surface area contributed by atoms with Crippen molar-refractivity contribution in [3.63, 3.8) is 0 Å². The summed E-state index contributed by atoms with van der Waals surface area (Å²) in [6.07, 6.45) is 3.73. The molecule has 5 nitrogen and oxygen atoms in total. The molecule has 0 N–H and O–H groups in total. The monoisotopic (exact) mass is 268 g/mol. The van der Waals surface area contributed by atoms with Crippen LogP contribution in [0, 0.1) is 11.3 Å². The molecule has 0 unspecified atom stereocenters. The van der Waals surface area contributed by atoms with Crippen molar-refractivity contribution in [1.82, 2.24) is 14.7 Å². The second kappa shape index (κ2) is 6.13. The summed E-state index contributed by atoms with van der Waals surface area (Å²) in [5, 5.41) is 12.8. The van der Waals surface area contributed by atoms with E-state index in [1.54, 1.807) is 35.1 Å². The molecule has 1 aromatic heterocycles. The number of nitrogens with zero attached hydrogens (tertiary/aromatic N) is 4. The maximum atomic E-state index is 12.1. The molecule has 0 bridgehead atoms. The Hall–Kier alpha value is -2.45. The Morgan fingerprint density at radius 2 is 2.10 bits per heavy atom. The lowest BCUT2D eigenvalue weighted by Crippen LogP contribution is -2.25. The third-order valence-corrected chi connectivity index (χ3v) is 2.96. The highest BCUT2D eigenvalue weighted by molar-refractivity contribution is 5.97. The minimum absolute atomic E-state index is 0.0425. The minimum atomic E-state index is 0.0425. The molecule has 0 aliphatic heterocycles. The largest absolute Gasteiger partial charge is 0.294 e. The van der Waals surface area contributed by atoms with Crippen molar-refractivity contribution in [3.8, 4) is 6.07 Å². The number of likely N-dealkylation sites (N-methyl/N-ethyl adjacent to an activating group) is 1. The van der Waals surface area contributed by atoms with Gasteiger partial charge in [0.1, 0.15) is 0 Å². The molecule has 0 spiro atoms. The number of Topliss-reactive ketones (excluding diaryl/α,β-unsaturated/α-hetero) is 1. The average molecular weight is 268 g/mol. The van der Waals surface area contributed by atoms with E-state index >= 15 is 0 Å². The Morgan fingerprint density at radius 3 is 2.65 bits per heavy atom. The number of aromatic nitrogens is 2. The van der Waals surface area contributed by atoms with E-state index in [9.17, 15) is 4.79 Å². The zero-order chi connectivity index (χ0) is 14.5. The lowest BCUT2D eigenvalue weighted by Gasteiger charge is -2.14. The highest BCUT2D eigenvalue weighted by atomic mass is 16.1. The lowest BCUT2D eigenvalue weighted by atomic mass is 10.1. The SMILES string of the molecule is CN(CC(=O)c1ccc(C#N)cc1)Cc1cnn(C)c1. The average Bonchev–Trinajstić information content (AvgIpc) is 2.84. The maximum absolute atomic E-state index is 12.1. The quantitative estimate of drug-likeness (QED) is 0.773. The van der Waals surface area contributed by atoms with E-state index in [1.807, 2.05) is 31.3 Å². The van der Waals surface area contributed by atoms with Gasteiger partial charge < -0.3 is 0 Å². The summed E-state index contributed by atoms with van der Waals surface area (Å²) >= 11 is 0. The van der Waals surface area contributed by atoms with Crippen LogP contribution in [0.4, 0.5) is 0 Å². The molecular weight excluding hydrogens is 252 g/mol. The third kappa shape index (κ3) is 3.53. The van der Waals surface area contributed by atoms with Crippen LogP contribution in [0.2, 0.25) is 0 Å². The first-order valence-electron chi connectivity index (χ1n) is 6.28. The number of nitriles is 1. The molecular formula is C15H16N4O. The molecule has 5 heteroatoms. The maximum Gasteiger partial charge on any atom is 0.176 e. The van der Waals surface area contributed by atoms with E-state index < -0.39 is 0 Å². The molecule has 0 fully saturated rings. The summed E-state index contributed by atoms with van der Waals surface area (Å²) in [5.74, 6) is 0.0425. The van der Waals surface area contributed by atoms with Crippen molar-refractivity contribution in [3.05, 3.63) is 53.3 Å². The van der Waals surface area contributed by atoms with E-state index in [4.69, 9.17) is 5.26 Å². The first-order valence-corrected chi connectivity index (χ1v) is 6.28. The second-order valence-corrected chi connectivity index (χ2v) is 4.81. The molecule has 2 rings (SSSR count). The summed E-state index contributed by atoms with van der Waals surface area (Å²) in [4.78, 5) is 14.0. The number of aryl methyl sites for hydroxylation is 1. The van der Waals surface area contributed by atoms with Gasteiger partial charge in [-0.25, -0.2) is 0 Å². The fraction of sp³-hybridized carbons (Fsp3) is 0.267. The number of hydrogen-bond donors (Lipinski definition) is 0. The highest BCUT2D eigenvalue weighted by Crippen LogP contribution is 2.07. The van der Waals surface area contributed by atoms with Crippen molar-refractivity contribution >= 4 is 5.78 Å². The van der Waals surface area contributed by atoms with Crippen LogP contribution in [0.25, 0.3) is 0 Å². The number of rotatable bonds is 5. The molecule has 0 atom stereocenters. The summed E-state index contributed by atoms with van der Waals surface area (Å²) < 4.78 is 1.74. The fourth-order valence-electron chi connectivity index (χ4n) is 1.99. The van der Waals surface area contributed by atoms with Crippen LogP contribution >= 0.6 is 0 Å². The first-order chi connectivity index (χ1) is 9.58. The van der Waals surface area contributed by atoms with E-state index in [-0.39, 0.29) is 5.78 Å². The number of carbonyl (C=O) groups is 1. The number of hydrogen-bond acceptors (Lipinski definition) is 4. The molecule has 0 aliphatic carbocycles. The van der Waals surface area contributed by atoms with Gasteiger partial charge in [0.2, 0.25) is 0 Å². The van der Waals surface area contributed by atoms with Crippen molar-refractivity contribution < 1.29 is 4.79 Å². The van der Waals surface area contributed by atoms with Crippen LogP contribution in [-0.4, -0.2) is 34.1 Å². The van der Waals surface area contributed by atoms with Crippen molar-refractivity contribution in [1.29, 1.82) is 5.26 Å².